The largest absolute Gasteiger partial charge is 0.463 e. The molecular weight excluding hydrogens is 220 g/mol. The molecule has 0 atom stereocenters. The number of hydrogen-bond donors (Lipinski definition) is 2. The monoisotopic (exact) mass is 240 g/mol. The Morgan fingerprint density at radius 3 is 2.65 bits per heavy atom. The van der Waals surface area contributed by atoms with Crippen molar-refractivity contribution in [1.82, 2.24) is 10.6 Å². The fraction of sp³-hybridized carbons (Fsp3) is 0.667. The molecule has 0 radical (unpaired) electrons. The van der Waals surface area contributed by atoms with Gasteiger partial charge in [-0.2, -0.15) is 0 Å². The van der Waals surface area contributed by atoms with E-state index in [1.165, 1.54) is 0 Å². The third kappa shape index (κ3) is 5.49. The van der Waals surface area contributed by atoms with Gasteiger partial charge in [0, 0.05) is 31.1 Å². The molecule has 0 aromatic rings. The highest BCUT2D eigenvalue weighted by molar-refractivity contribution is 5.88. The summed E-state index contributed by atoms with van der Waals surface area (Å²) in [6.45, 7) is 7.32. The van der Waals surface area contributed by atoms with Crippen molar-refractivity contribution in [3.63, 3.8) is 0 Å². The third-order valence-corrected chi connectivity index (χ3v) is 2.45. The van der Waals surface area contributed by atoms with Crippen molar-refractivity contribution < 1.29 is 14.3 Å². The van der Waals surface area contributed by atoms with Crippen LogP contribution >= 0.6 is 0 Å². The lowest BCUT2D eigenvalue weighted by Crippen LogP contribution is -2.34. The molecule has 1 rings (SSSR count). The zero-order valence-electron chi connectivity index (χ0n) is 10.3. The van der Waals surface area contributed by atoms with Gasteiger partial charge in [-0.25, -0.2) is 4.79 Å². The molecule has 1 amide bonds. The van der Waals surface area contributed by atoms with Gasteiger partial charge in [0.25, 0.3) is 0 Å². The Morgan fingerprint density at radius 1 is 1.35 bits per heavy atom. The van der Waals surface area contributed by atoms with Crippen molar-refractivity contribution in [3.8, 4) is 0 Å². The van der Waals surface area contributed by atoms with Crippen LogP contribution in [0.1, 0.15) is 19.8 Å². The SMILES string of the molecule is C=C(CNCCNC(=O)C1CC1)C(=O)OCC. The van der Waals surface area contributed by atoms with Gasteiger partial charge in [-0.1, -0.05) is 6.58 Å². The molecule has 2 N–H and O–H groups in total. The second kappa shape index (κ2) is 7.06. The van der Waals surface area contributed by atoms with Gasteiger partial charge >= 0.3 is 5.97 Å². The summed E-state index contributed by atoms with van der Waals surface area (Å²) in [5.41, 5.74) is 0.403. The summed E-state index contributed by atoms with van der Waals surface area (Å²) < 4.78 is 4.79. The molecule has 0 bridgehead atoms. The van der Waals surface area contributed by atoms with E-state index in [-0.39, 0.29) is 17.8 Å². The number of rotatable bonds is 8. The van der Waals surface area contributed by atoms with Crippen molar-refractivity contribution in [2.24, 2.45) is 5.92 Å². The summed E-state index contributed by atoms with van der Waals surface area (Å²) >= 11 is 0. The predicted molar refractivity (Wildman–Crippen MR) is 64.4 cm³/mol. The number of ether oxygens (including phenoxy) is 1. The molecule has 0 aromatic heterocycles. The van der Waals surface area contributed by atoms with Crippen LogP contribution in [0.5, 0.6) is 0 Å². The van der Waals surface area contributed by atoms with Crippen LogP contribution in [0.15, 0.2) is 12.2 Å². The average Bonchev–Trinajstić information content (AvgIpc) is 3.12. The molecule has 96 valence electrons. The summed E-state index contributed by atoms with van der Waals surface area (Å²) in [7, 11) is 0. The minimum Gasteiger partial charge on any atom is -0.463 e. The quantitative estimate of drug-likeness (QED) is 0.362. The fourth-order valence-corrected chi connectivity index (χ4v) is 1.31. The third-order valence-electron chi connectivity index (χ3n) is 2.45. The van der Waals surface area contributed by atoms with Crippen LogP contribution < -0.4 is 10.6 Å². The molecule has 0 heterocycles. The molecule has 0 spiro atoms. The van der Waals surface area contributed by atoms with E-state index < -0.39 is 0 Å². The number of nitrogens with one attached hydrogen (secondary N) is 2. The number of carbonyl (C=O) groups excluding carboxylic acids is 2. The van der Waals surface area contributed by atoms with Gasteiger partial charge in [0.05, 0.1) is 6.61 Å². The topological polar surface area (TPSA) is 67.4 Å². The molecule has 0 unspecified atom stereocenters. The normalized spacial score (nSPS) is 14.2. The van der Waals surface area contributed by atoms with E-state index in [0.29, 0.717) is 31.8 Å². The van der Waals surface area contributed by atoms with Gasteiger partial charge in [-0.3, -0.25) is 4.79 Å². The van der Waals surface area contributed by atoms with Crippen molar-refractivity contribution >= 4 is 11.9 Å². The second-order valence-electron chi connectivity index (χ2n) is 4.07. The van der Waals surface area contributed by atoms with Crippen LogP contribution in [0.4, 0.5) is 0 Å². The van der Waals surface area contributed by atoms with Crippen LogP contribution in [0.25, 0.3) is 0 Å². The minimum atomic E-state index is -0.373. The zero-order chi connectivity index (χ0) is 12.7. The van der Waals surface area contributed by atoms with Crippen LogP contribution in [0, 0.1) is 5.92 Å². The Kier molecular flexibility index (Phi) is 5.69. The highest BCUT2D eigenvalue weighted by Crippen LogP contribution is 2.28. The summed E-state index contributed by atoms with van der Waals surface area (Å²) in [5.74, 6) is 0.00234. The van der Waals surface area contributed by atoms with E-state index in [2.05, 4.69) is 17.2 Å². The molecule has 1 aliphatic rings. The van der Waals surface area contributed by atoms with Crippen molar-refractivity contribution in [2.75, 3.05) is 26.2 Å². The molecule has 0 aromatic carbocycles. The van der Waals surface area contributed by atoms with Crippen molar-refractivity contribution in [2.45, 2.75) is 19.8 Å². The molecular formula is C12H20N2O3. The van der Waals surface area contributed by atoms with Crippen LogP contribution in [-0.4, -0.2) is 38.1 Å². The molecule has 0 saturated heterocycles. The Labute approximate surface area is 102 Å². The maximum atomic E-state index is 11.3. The lowest BCUT2D eigenvalue weighted by atomic mass is 10.3. The van der Waals surface area contributed by atoms with Crippen molar-refractivity contribution in [3.05, 3.63) is 12.2 Å². The van der Waals surface area contributed by atoms with Gasteiger partial charge in [0.15, 0.2) is 0 Å². The van der Waals surface area contributed by atoms with Gasteiger partial charge in [0.2, 0.25) is 5.91 Å². The number of carbonyl (C=O) groups is 2. The van der Waals surface area contributed by atoms with Crippen LogP contribution in [0.3, 0.4) is 0 Å². The number of esters is 1. The standard InChI is InChI=1S/C12H20N2O3/c1-3-17-12(16)9(2)8-13-6-7-14-11(15)10-4-5-10/h10,13H,2-8H2,1H3,(H,14,15). The maximum absolute atomic E-state index is 11.3. The summed E-state index contributed by atoms with van der Waals surface area (Å²) in [5, 5.41) is 5.85. The molecule has 0 aliphatic heterocycles. The van der Waals surface area contributed by atoms with E-state index in [4.69, 9.17) is 4.74 Å². The Hall–Kier alpha value is -1.36. The molecule has 17 heavy (non-hydrogen) atoms. The molecule has 5 heteroatoms. The minimum absolute atomic E-state index is 0.135. The van der Waals surface area contributed by atoms with E-state index >= 15 is 0 Å². The lowest BCUT2D eigenvalue weighted by Gasteiger charge is -2.08. The first kappa shape index (κ1) is 13.7. The number of hydrogen-bond acceptors (Lipinski definition) is 4. The Balaban J connectivity index is 1.97. The number of amides is 1. The molecule has 5 nitrogen and oxygen atoms in total. The fourth-order valence-electron chi connectivity index (χ4n) is 1.31. The van der Waals surface area contributed by atoms with E-state index in [0.717, 1.165) is 12.8 Å². The summed E-state index contributed by atoms with van der Waals surface area (Å²) in [6, 6.07) is 0. The highest BCUT2D eigenvalue weighted by atomic mass is 16.5. The molecule has 1 fully saturated rings. The van der Waals surface area contributed by atoms with Crippen LogP contribution in [0.2, 0.25) is 0 Å². The zero-order valence-corrected chi connectivity index (χ0v) is 10.3. The molecule has 1 saturated carbocycles. The van der Waals surface area contributed by atoms with Gasteiger partial charge in [-0.15, -0.1) is 0 Å². The van der Waals surface area contributed by atoms with E-state index in [1.807, 2.05) is 0 Å². The first-order chi connectivity index (χ1) is 8.15. The smallest absolute Gasteiger partial charge is 0.334 e. The average molecular weight is 240 g/mol. The van der Waals surface area contributed by atoms with Gasteiger partial charge in [0.1, 0.15) is 0 Å². The lowest BCUT2D eigenvalue weighted by molar-refractivity contribution is -0.138. The van der Waals surface area contributed by atoms with E-state index in [1.54, 1.807) is 6.92 Å². The maximum Gasteiger partial charge on any atom is 0.334 e. The molecule has 1 aliphatic carbocycles. The first-order valence-corrected chi connectivity index (χ1v) is 5.98. The first-order valence-electron chi connectivity index (χ1n) is 5.98. The van der Waals surface area contributed by atoms with Gasteiger partial charge < -0.3 is 15.4 Å². The second-order valence-corrected chi connectivity index (χ2v) is 4.07. The highest BCUT2D eigenvalue weighted by Gasteiger charge is 2.28. The summed E-state index contributed by atoms with van der Waals surface area (Å²) in [4.78, 5) is 22.4. The Morgan fingerprint density at radius 2 is 2.06 bits per heavy atom. The summed E-state index contributed by atoms with van der Waals surface area (Å²) in [6.07, 6.45) is 2.03. The Bertz CT molecular complexity index is 298. The van der Waals surface area contributed by atoms with Crippen molar-refractivity contribution in [1.29, 1.82) is 0 Å². The van der Waals surface area contributed by atoms with E-state index in [9.17, 15) is 9.59 Å². The van der Waals surface area contributed by atoms with Crippen LogP contribution in [-0.2, 0) is 14.3 Å². The predicted octanol–water partition coefficient (Wildman–Crippen LogP) is 0.222. The van der Waals surface area contributed by atoms with Gasteiger partial charge in [-0.05, 0) is 19.8 Å².